The third kappa shape index (κ3) is 2.84. The maximum atomic E-state index is 12.5. The molecule has 0 aliphatic carbocycles. The molecule has 0 amide bonds. The van der Waals surface area contributed by atoms with Gasteiger partial charge in [0, 0.05) is 5.56 Å². The zero-order valence-corrected chi connectivity index (χ0v) is 13.5. The molecule has 1 heterocycles. The number of ketones is 1. The van der Waals surface area contributed by atoms with Crippen LogP contribution in [0, 0.1) is 0 Å². The van der Waals surface area contributed by atoms with Gasteiger partial charge in [-0.2, -0.15) is 0 Å². The molecule has 0 N–H and O–H groups in total. The van der Waals surface area contributed by atoms with Gasteiger partial charge in [0.05, 0.1) is 0 Å². The van der Waals surface area contributed by atoms with E-state index >= 15 is 0 Å². The quantitative estimate of drug-likeness (QED) is 0.282. The normalized spacial score (nSPS) is 11.5. The van der Waals surface area contributed by atoms with Gasteiger partial charge in [-0.25, -0.2) is 4.98 Å². The highest BCUT2D eigenvalue weighted by molar-refractivity contribution is 8.01. The van der Waals surface area contributed by atoms with E-state index in [1.54, 1.807) is 11.5 Å². The molecule has 0 saturated heterocycles. The van der Waals surface area contributed by atoms with Crippen molar-refractivity contribution < 1.29 is 9.21 Å². The van der Waals surface area contributed by atoms with Crippen LogP contribution in [0.25, 0.3) is 21.9 Å². The van der Waals surface area contributed by atoms with E-state index in [0.29, 0.717) is 10.8 Å². The van der Waals surface area contributed by atoms with Crippen molar-refractivity contribution in [2.75, 3.05) is 0 Å². The average molecular weight is 331 g/mol. The predicted molar refractivity (Wildman–Crippen MR) is 97.3 cm³/mol. The van der Waals surface area contributed by atoms with E-state index in [1.807, 2.05) is 66.7 Å². The molecule has 0 atom stereocenters. The number of fused-ring (bicyclic) bond motifs is 2. The first-order valence-corrected chi connectivity index (χ1v) is 8.40. The number of hydrogen-bond donors (Lipinski definition) is 0. The zero-order chi connectivity index (χ0) is 16.4. The second-order valence-corrected chi connectivity index (χ2v) is 6.12. The van der Waals surface area contributed by atoms with Crippen LogP contribution in [0.2, 0.25) is 0 Å². The summed E-state index contributed by atoms with van der Waals surface area (Å²) in [6, 6.07) is 21.2. The van der Waals surface area contributed by atoms with Gasteiger partial charge in [-0.1, -0.05) is 54.6 Å². The van der Waals surface area contributed by atoms with Crippen LogP contribution in [0.15, 0.2) is 87.9 Å². The van der Waals surface area contributed by atoms with Crippen LogP contribution in [0.5, 0.6) is 0 Å². The molecular formula is C20H13NO2S. The fraction of sp³-hybridized carbons (Fsp3) is 0. The highest BCUT2D eigenvalue weighted by Crippen LogP contribution is 2.24. The smallest absolute Gasteiger partial charge is 0.261 e. The number of rotatable bonds is 4. The molecule has 116 valence electrons. The predicted octanol–water partition coefficient (Wildman–Crippen LogP) is 5.47. The summed E-state index contributed by atoms with van der Waals surface area (Å²) in [5.74, 6) is -0.0320. The topological polar surface area (TPSA) is 43.1 Å². The van der Waals surface area contributed by atoms with Gasteiger partial charge in [0.1, 0.15) is 5.52 Å². The molecule has 0 radical (unpaired) electrons. The lowest BCUT2D eigenvalue weighted by Crippen LogP contribution is -1.95. The third-order valence-electron chi connectivity index (χ3n) is 3.72. The van der Waals surface area contributed by atoms with Crippen molar-refractivity contribution in [3.05, 3.63) is 83.8 Å². The van der Waals surface area contributed by atoms with Crippen molar-refractivity contribution in [3.8, 4) is 0 Å². The molecule has 0 fully saturated rings. The lowest BCUT2D eigenvalue weighted by atomic mass is 10.0. The Balaban J connectivity index is 1.55. The van der Waals surface area contributed by atoms with Crippen molar-refractivity contribution in [2.24, 2.45) is 0 Å². The van der Waals surface area contributed by atoms with Crippen molar-refractivity contribution in [2.45, 2.75) is 5.22 Å². The number of carbonyl (C=O) groups excluding carboxylic acids is 1. The highest BCUT2D eigenvalue weighted by atomic mass is 32.2. The molecule has 24 heavy (non-hydrogen) atoms. The van der Waals surface area contributed by atoms with Gasteiger partial charge in [-0.15, -0.1) is 0 Å². The SMILES string of the molecule is O=C(/C=C\Sc1nc2ccccc2o1)c1cccc2ccccc12. The van der Waals surface area contributed by atoms with Gasteiger partial charge >= 0.3 is 0 Å². The number of benzene rings is 3. The Hall–Kier alpha value is -2.85. The second kappa shape index (κ2) is 6.34. The van der Waals surface area contributed by atoms with Crippen molar-refractivity contribution in [1.29, 1.82) is 0 Å². The Kier molecular flexibility index (Phi) is 3.89. The largest absolute Gasteiger partial charge is 0.431 e. The summed E-state index contributed by atoms with van der Waals surface area (Å²) >= 11 is 1.30. The monoisotopic (exact) mass is 331 g/mol. The molecule has 0 unspecified atom stereocenters. The fourth-order valence-electron chi connectivity index (χ4n) is 2.59. The summed E-state index contributed by atoms with van der Waals surface area (Å²) < 4.78 is 5.62. The lowest BCUT2D eigenvalue weighted by Gasteiger charge is -2.02. The van der Waals surface area contributed by atoms with Crippen LogP contribution in [-0.2, 0) is 0 Å². The molecule has 4 rings (SSSR count). The Labute approximate surface area is 143 Å². The van der Waals surface area contributed by atoms with Gasteiger partial charge in [0.15, 0.2) is 11.4 Å². The minimum Gasteiger partial charge on any atom is -0.431 e. The van der Waals surface area contributed by atoms with Crippen molar-refractivity contribution >= 4 is 39.4 Å². The third-order valence-corrected chi connectivity index (χ3v) is 4.37. The molecule has 0 saturated carbocycles. The first-order chi connectivity index (χ1) is 11.8. The number of nitrogens with zero attached hydrogens (tertiary/aromatic N) is 1. The maximum Gasteiger partial charge on any atom is 0.261 e. The number of oxazole rings is 1. The molecule has 3 aromatic carbocycles. The summed E-state index contributed by atoms with van der Waals surface area (Å²) in [6.45, 7) is 0. The second-order valence-electron chi connectivity index (χ2n) is 5.26. The highest BCUT2D eigenvalue weighted by Gasteiger charge is 2.07. The van der Waals surface area contributed by atoms with E-state index in [9.17, 15) is 4.79 Å². The van der Waals surface area contributed by atoms with Gasteiger partial charge in [-0.3, -0.25) is 4.79 Å². The van der Waals surface area contributed by atoms with Gasteiger partial charge in [0.25, 0.3) is 5.22 Å². The van der Waals surface area contributed by atoms with Crippen LogP contribution in [0.3, 0.4) is 0 Å². The minimum atomic E-state index is -0.0320. The molecule has 0 spiro atoms. The van der Waals surface area contributed by atoms with E-state index in [4.69, 9.17) is 4.42 Å². The number of para-hydroxylation sites is 2. The van der Waals surface area contributed by atoms with Gasteiger partial charge in [0.2, 0.25) is 0 Å². The van der Waals surface area contributed by atoms with E-state index in [-0.39, 0.29) is 5.78 Å². The first-order valence-electron chi connectivity index (χ1n) is 7.52. The summed E-state index contributed by atoms with van der Waals surface area (Å²) in [7, 11) is 0. The van der Waals surface area contributed by atoms with Crippen LogP contribution in [-0.4, -0.2) is 10.8 Å². The van der Waals surface area contributed by atoms with E-state index in [0.717, 1.165) is 21.9 Å². The Bertz CT molecular complexity index is 1030. The average Bonchev–Trinajstić information content (AvgIpc) is 3.04. The number of carbonyl (C=O) groups is 1. The van der Waals surface area contributed by atoms with Crippen molar-refractivity contribution in [1.82, 2.24) is 4.98 Å². The van der Waals surface area contributed by atoms with Crippen LogP contribution >= 0.6 is 11.8 Å². The summed E-state index contributed by atoms with van der Waals surface area (Å²) in [5, 5.41) is 4.26. The van der Waals surface area contributed by atoms with Crippen molar-refractivity contribution in [3.63, 3.8) is 0 Å². The lowest BCUT2D eigenvalue weighted by molar-refractivity contribution is 0.104. The van der Waals surface area contributed by atoms with E-state index in [2.05, 4.69) is 4.98 Å². The van der Waals surface area contributed by atoms with E-state index in [1.165, 1.54) is 11.8 Å². The standard InChI is InChI=1S/C20H13NO2S/c22-18(16-9-5-7-14-6-1-2-8-15(14)16)12-13-24-20-21-17-10-3-4-11-19(17)23-20/h1-13H/b13-12-. The minimum absolute atomic E-state index is 0.0320. The van der Waals surface area contributed by atoms with Crippen LogP contribution in [0.1, 0.15) is 10.4 Å². The summed E-state index contributed by atoms with van der Waals surface area (Å²) in [5.41, 5.74) is 2.25. The molecule has 0 aliphatic heterocycles. The first kappa shape index (κ1) is 14.7. The maximum absolute atomic E-state index is 12.5. The molecule has 1 aromatic heterocycles. The summed E-state index contributed by atoms with van der Waals surface area (Å²) in [6.07, 6.45) is 1.56. The fourth-order valence-corrected chi connectivity index (χ4v) is 3.18. The molecule has 0 aliphatic rings. The van der Waals surface area contributed by atoms with E-state index < -0.39 is 0 Å². The number of allylic oxidation sites excluding steroid dienone is 1. The number of hydrogen-bond acceptors (Lipinski definition) is 4. The Morgan fingerprint density at radius 2 is 1.75 bits per heavy atom. The molecule has 4 heteroatoms. The molecular weight excluding hydrogens is 318 g/mol. The van der Waals surface area contributed by atoms with Gasteiger partial charge < -0.3 is 4.42 Å². The zero-order valence-electron chi connectivity index (χ0n) is 12.7. The Morgan fingerprint density at radius 3 is 2.67 bits per heavy atom. The number of aromatic nitrogens is 1. The molecule has 0 bridgehead atoms. The Morgan fingerprint density at radius 1 is 0.958 bits per heavy atom. The van der Waals surface area contributed by atoms with Crippen LogP contribution in [0.4, 0.5) is 0 Å². The van der Waals surface area contributed by atoms with Gasteiger partial charge in [-0.05, 0) is 46.2 Å². The molecule has 3 nitrogen and oxygen atoms in total. The van der Waals surface area contributed by atoms with Crippen LogP contribution < -0.4 is 0 Å². The number of thioether (sulfide) groups is 1. The molecule has 4 aromatic rings. The summed E-state index contributed by atoms with van der Waals surface area (Å²) in [4.78, 5) is 16.8.